The summed E-state index contributed by atoms with van der Waals surface area (Å²) in [7, 11) is -3.35. The SMILES string of the molecule is C[n+]1cc2cc(OC[C@H](O/N=C(\C(=O)N[C@@H]3C(=O)N(OS(=O)(=O)[O-])C3(C)C)c3csc(N)n3)C(=O)O)ccc2cc1NCC1CNC1. The van der Waals surface area contributed by atoms with Gasteiger partial charge in [-0.25, -0.2) is 22.8 Å². The highest BCUT2D eigenvalue weighted by Crippen LogP contribution is 2.33. The fourth-order valence-corrected chi connectivity index (χ4v) is 5.78. The predicted octanol–water partition coefficient (Wildman–Crippen LogP) is -0.915. The first-order valence-corrected chi connectivity index (χ1v) is 16.3. The van der Waals surface area contributed by atoms with Gasteiger partial charge in [0.25, 0.3) is 23.7 Å². The summed E-state index contributed by atoms with van der Waals surface area (Å²) in [5.41, 5.74) is 3.62. The van der Waals surface area contributed by atoms with Crippen molar-refractivity contribution in [3.05, 3.63) is 41.5 Å². The van der Waals surface area contributed by atoms with E-state index in [-0.39, 0.29) is 10.8 Å². The zero-order valence-electron chi connectivity index (χ0n) is 25.3. The number of carbonyl (C=O) groups excluding carboxylic acids is 2. The second-order valence-electron chi connectivity index (χ2n) is 11.4. The van der Waals surface area contributed by atoms with Crippen molar-refractivity contribution >= 4 is 67.0 Å². The van der Waals surface area contributed by atoms with Crippen molar-refractivity contribution in [2.75, 3.05) is 37.3 Å². The Hall–Kier alpha value is -4.63. The van der Waals surface area contributed by atoms with Crippen LogP contribution in [0.5, 0.6) is 5.75 Å². The lowest BCUT2D eigenvalue weighted by Gasteiger charge is -2.51. The zero-order valence-corrected chi connectivity index (χ0v) is 27.0. The Morgan fingerprint density at radius 3 is 2.66 bits per heavy atom. The number of β-lactam (4-membered cyclic amide) rings is 1. The van der Waals surface area contributed by atoms with Gasteiger partial charge in [0.2, 0.25) is 10.4 Å². The van der Waals surface area contributed by atoms with Crippen LogP contribution in [0, 0.1) is 5.92 Å². The summed E-state index contributed by atoms with van der Waals surface area (Å²) in [6.45, 7) is 5.01. The molecule has 0 unspecified atom stereocenters. The number of fused-ring (bicyclic) bond motifs is 1. The van der Waals surface area contributed by atoms with Crippen molar-refractivity contribution in [2.24, 2.45) is 18.1 Å². The molecule has 0 radical (unpaired) electrons. The second kappa shape index (κ2) is 13.2. The molecule has 2 amide bonds. The Morgan fingerprint density at radius 2 is 2.06 bits per heavy atom. The zero-order chi connectivity index (χ0) is 34.1. The molecule has 252 valence electrons. The molecule has 2 fully saturated rings. The van der Waals surface area contributed by atoms with Gasteiger partial charge in [-0.1, -0.05) is 11.2 Å². The van der Waals surface area contributed by atoms with E-state index in [0.29, 0.717) is 16.7 Å². The lowest BCUT2D eigenvalue weighted by atomic mass is 9.84. The number of aryl methyl sites for hydroxylation is 1. The van der Waals surface area contributed by atoms with Gasteiger partial charge in [0.15, 0.2) is 10.8 Å². The minimum Gasteiger partial charge on any atom is -0.724 e. The smallest absolute Gasteiger partial charge is 0.351 e. The first-order valence-electron chi connectivity index (χ1n) is 14.1. The van der Waals surface area contributed by atoms with Crippen LogP contribution in [0.4, 0.5) is 10.9 Å². The Kier molecular flexibility index (Phi) is 9.50. The highest BCUT2D eigenvalue weighted by Gasteiger charge is 2.57. The fraction of sp³-hybridized carbons (Fsp3) is 0.407. The number of carbonyl (C=O) groups is 3. The van der Waals surface area contributed by atoms with Crippen LogP contribution in [-0.2, 0) is 41.0 Å². The van der Waals surface area contributed by atoms with E-state index in [9.17, 15) is 32.5 Å². The van der Waals surface area contributed by atoms with Crippen molar-refractivity contribution in [1.29, 1.82) is 0 Å². The molecule has 2 atom stereocenters. The van der Waals surface area contributed by atoms with Gasteiger partial charge in [-0.3, -0.25) is 14.9 Å². The normalized spacial score (nSPS) is 18.6. The maximum Gasteiger partial charge on any atom is 0.351 e. The maximum atomic E-state index is 13.2. The van der Waals surface area contributed by atoms with Gasteiger partial charge in [0.1, 0.15) is 24.1 Å². The molecule has 2 aromatic heterocycles. The Morgan fingerprint density at radius 1 is 1.32 bits per heavy atom. The number of pyridine rings is 1. The molecule has 20 heteroatoms. The van der Waals surface area contributed by atoms with Crippen LogP contribution in [0.1, 0.15) is 19.5 Å². The summed E-state index contributed by atoms with van der Waals surface area (Å²) in [6.07, 6.45) is 0.240. The monoisotopic (exact) mass is 692 g/mol. The van der Waals surface area contributed by atoms with Gasteiger partial charge < -0.3 is 35.6 Å². The molecule has 47 heavy (non-hydrogen) atoms. The number of carboxylic acids is 1. The van der Waals surface area contributed by atoms with Gasteiger partial charge in [-0.05, 0) is 31.4 Å². The highest BCUT2D eigenvalue weighted by molar-refractivity contribution is 7.80. The van der Waals surface area contributed by atoms with E-state index in [0.717, 1.165) is 47.6 Å². The van der Waals surface area contributed by atoms with Gasteiger partial charge in [0, 0.05) is 35.8 Å². The summed E-state index contributed by atoms with van der Waals surface area (Å²) in [5.74, 6) is -1.61. The number of ether oxygens (including phenoxy) is 1. The van der Waals surface area contributed by atoms with Crippen molar-refractivity contribution in [3.63, 3.8) is 0 Å². The Bertz CT molecular complexity index is 1840. The number of amides is 2. The molecular weight excluding hydrogens is 660 g/mol. The lowest BCUT2D eigenvalue weighted by Crippen LogP contribution is -2.76. The Labute approximate surface area is 272 Å². The van der Waals surface area contributed by atoms with Crippen LogP contribution in [-0.4, -0.2) is 95.5 Å². The number of nitrogens with two attached hydrogens (primary N) is 1. The number of aliphatic carboxylic acids is 1. The third-order valence-corrected chi connectivity index (χ3v) is 8.55. The number of aromatic nitrogens is 2. The molecule has 0 saturated carbocycles. The van der Waals surface area contributed by atoms with E-state index in [2.05, 4.69) is 30.4 Å². The number of anilines is 2. The van der Waals surface area contributed by atoms with E-state index in [1.54, 1.807) is 12.1 Å². The number of benzene rings is 1. The number of hydrogen-bond donors (Lipinski definition) is 5. The molecule has 0 aliphatic carbocycles. The van der Waals surface area contributed by atoms with E-state index < -0.39 is 58.2 Å². The number of hydroxylamine groups is 2. The quantitative estimate of drug-likeness (QED) is 0.0343. The molecule has 6 N–H and O–H groups in total. The van der Waals surface area contributed by atoms with Gasteiger partial charge >= 0.3 is 5.97 Å². The minimum absolute atomic E-state index is 0.0576. The average Bonchev–Trinajstić information content (AvgIpc) is 3.40. The van der Waals surface area contributed by atoms with Crippen LogP contribution in [0.2, 0.25) is 0 Å². The molecule has 2 saturated heterocycles. The molecule has 4 heterocycles. The summed E-state index contributed by atoms with van der Waals surface area (Å²) in [4.78, 5) is 47.0. The number of rotatable bonds is 14. The molecule has 2 aliphatic rings. The molecule has 5 rings (SSSR count). The van der Waals surface area contributed by atoms with Crippen LogP contribution < -0.4 is 31.0 Å². The number of carboxylic acid groups (broad SMARTS) is 1. The average molecular weight is 693 g/mol. The molecule has 0 bridgehead atoms. The molecule has 0 spiro atoms. The van der Waals surface area contributed by atoms with Crippen molar-refractivity contribution in [3.8, 4) is 5.75 Å². The predicted molar refractivity (Wildman–Crippen MR) is 165 cm³/mol. The minimum atomic E-state index is -5.26. The number of nitrogens with zero attached hydrogens (tertiary/aromatic N) is 4. The lowest BCUT2D eigenvalue weighted by molar-refractivity contribution is -0.655. The largest absolute Gasteiger partial charge is 0.724 e. The summed E-state index contributed by atoms with van der Waals surface area (Å²) < 4.78 is 44.8. The summed E-state index contributed by atoms with van der Waals surface area (Å²) >= 11 is 0.958. The number of nitrogen functional groups attached to an aromatic ring is 1. The van der Waals surface area contributed by atoms with Crippen LogP contribution in [0.15, 0.2) is 41.0 Å². The number of oxime groups is 1. The summed E-state index contributed by atoms with van der Waals surface area (Å²) in [5, 5.41) is 26.1. The summed E-state index contributed by atoms with van der Waals surface area (Å²) in [6, 6.07) is 5.93. The number of nitrogens with one attached hydrogen (secondary N) is 3. The number of thiazole rings is 1. The maximum absolute atomic E-state index is 13.2. The van der Waals surface area contributed by atoms with Crippen LogP contribution in [0.3, 0.4) is 0 Å². The van der Waals surface area contributed by atoms with Crippen molar-refractivity contribution in [1.82, 2.24) is 20.7 Å². The van der Waals surface area contributed by atoms with E-state index >= 15 is 0 Å². The molecule has 18 nitrogen and oxygen atoms in total. The number of hydrogen-bond acceptors (Lipinski definition) is 15. The second-order valence-corrected chi connectivity index (χ2v) is 13.3. The van der Waals surface area contributed by atoms with E-state index in [1.165, 1.54) is 19.2 Å². The van der Waals surface area contributed by atoms with Gasteiger partial charge in [-0.15, -0.1) is 11.3 Å². The van der Waals surface area contributed by atoms with Crippen molar-refractivity contribution in [2.45, 2.75) is 31.5 Å². The van der Waals surface area contributed by atoms with Crippen LogP contribution in [0.25, 0.3) is 10.8 Å². The molecule has 2 aliphatic heterocycles. The van der Waals surface area contributed by atoms with Crippen molar-refractivity contribution < 1.29 is 50.9 Å². The standard InChI is InChI=1S/C27H32N8O10S2/c1-27(2)22(24(37)35(27)45-47(40,41)42)32-23(36)21(18-13-46-26(28)31-18)33-44-19(25(38)39)12-43-17-5-4-15-7-20(30-10-14-8-29-9-14)34(3)11-16(15)6-17/h4-7,11,13-14,19,22,29H,8-10,12H2,1-3H3,(H5,28,31,32,36,38,39,40,41,42)/b33-21-/t19-,22+/m0/s1. The third kappa shape index (κ3) is 7.68. The third-order valence-electron chi connectivity index (χ3n) is 7.55. The topological polar surface area (TPSA) is 251 Å². The molecule has 3 aromatic rings. The first-order chi connectivity index (χ1) is 22.1. The molecule has 1 aromatic carbocycles. The van der Waals surface area contributed by atoms with Gasteiger partial charge in [-0.2, -0.15) is 9.35 Å². The first kappa shape index (κ1) is 33.7. The van der Waals surface area contributed by atoms with E-state index in [4.69, 9.17) is 15.3 Å². The van der Waals surface area contributed by atoms with Crippen LogP contribution >= 0.6 is 11.3 Å². The van der Waals surface area contributed by atoms with E-state index in [1.807, 2.05) is 29.9 Å². The molecular formula is C27H32N8O10S2. The Balaban J connectivity index is 1.27. The van der Waals surface area contributed by atoms with Gasteiger partial charge in [0.05, 0.1) is 25.3 Å². The highest BCUT2D eigenvalue weighted by atomic mass is 32.3. The fourth-order valence-electron chi connectivity index (χ4n) is 4.78.